The van der Waals surface area contributed by atoms with Gasteiger partial charge >= 0.3 is 0 Å². The number of pyridine rings is 1. The van der Waals surface area contributed by atoms with Crippen LogP contribution < -0.4 is 5.32 Å². The molecule has 1 N–H and O–H groups in total. The quantitative estimate of drug-likeness (QED) is 0.896. The summed E-state index contributed by atoms with van der Waals surface area (Å²) in [6, 6.07) is 1.95. The van der Waals surface area contributed by atoms with Crippen molar-refractivity contribution in [2.75, 3.05) is 19.1 Å². The Kier molecular flexibility index (Phi) is 4.89. The topological polar surface area (TPSA) is 59.1 Å². The molecule has 0 aromatic carbocycles. The molecule has 0 radical (unpaired) electrons. The lowest BCUT2D eigenvalue weighted by Gasteiger charge is -2.15. The fourth-order valence-corrected chi connectivity index (χ4v) is 2.47. The van der Waals surface area contributed by atoms with E-state index < -0.39 is 9.84 Å². The summed E-state index contributed by atoms with van der Waals surface area (Å²) in [5.41, 5.74) is 0.987. The van der Waals surface area contributed by atoms with Gasteiger partial charge in [0.15, 0.2) is 0 Å². The minimum Gasteiger partial charge on any atom is -0.313 e. The zero-order valence-electron chi connectivity index (χ0n) is 9.27. The number of nitrogens with one attached hydrogen (secondary N) is 1. The Morgan fingerprint density at radius 1 is 1.50 bits per heavy atom. The number of aromatic nitrogens is 1. The van der Waals surface area contributed by atoms with E-state index in [9.17, 15) is 8.42 Å². The molecule has 6 heteroatoms. The van der Waals surface area contributed by atoms with Crippen molar-refractivity contribution in [1.82, 2.24) is 10.3 Å². The van der Waals surface area contributed by atoms with Gasteiger partial charge < -0.3 is 5.32 Å². The highest BCUT2D eigenvalue weighted by Crippen LogP contribution is 2.19. The number of rotatable bonds is 5. The molecule has 0 aliphatic carbocycles. The Morgan fingerprint density at radius 3 is 2.69 bits per heavy atom. The van der Waals surface area contributed by atoms with Crippen LogP contribution >= 0.6 is 15.9 Å². The molecule has 1 rings (SSSR count). The molecule has 0 saturated heterocycles. The Morgan fingerprint density at radius 2 is 2.19 bits per heavy atom. The zero-order valence-corrected chi connectivity index (χ0v) is 11.7. The highest BCUT2D eigenvalue weighted by atomic mass is 79.9. The van der Waals surface area contributed by atoms with Gasteiger partial charge in [-0.1, -0.05) is 0 Å². The normalized spacial score (nSPS) is 13.7. The van der Waals surface area contributed by atoms with Crippen LogP contribution in [0.5, 0.6) is 0 Å². The highest BCUT2D eigenvalue weighted by Gasteiger charge is 2.13. The molecule has 0 aliphatic heterocycles. The van der Waals surface area contributed by atoms with E-state index in [2.05, 4.69) is 26.2 Å². The monoisotopic (exact) mass is 306 g/mol. The lowest BCUT2D eigenvalue weighted by molar-refractivity contribution is 0.557. The average Bonchev–Trinajstić information content (AvgIpc) is 2.17. The van der Waals surface area contributed by atoms with Crippen LogP contribution in [0, 0.1) is 0 Å². The van der Waals surface area contributed by atoms with Crippen molar-refractivity contribution in [3.8, 4) is 0 Å². The third kappa shape index (κ3) is 4.59. The summed E-state index contributed by atoms with van der Waals surface area (Å²) in [7, 11) is -1.11. The highest BCUT2D eigenvalue weighted by molar-refractivity contribution is 9.10. The minimum absolute atomic E-state index is 0.0136. The van der Waals surface area contributed by atoms with E-state index in [4.69, 9.17) is 0 Å². The number of halogens is 1. The fourth-order valence-electron chi connectivity index (χ4n) is 1.43. The molecule has 90 valence electrons. The van der Waals surface area contributed by atoms with Crippen LogP contribution in [0.25, 0.3) is 0 Å². The van der Waals surface area contributed by atoms with Crippen molar-refractivity contribution in [1.29, 1.82) is 0 Å². The summed E-state index contributed by atoms with van der Waals surface area (Å²) in [4.78, 5) is 4.06. The fraction of sp³-hybridized carbons (Fsp3) is 0.500. The molecular formula is C10H15BrN2O2S. The van der Waals surface area contributed by atoms with Crippen molar-refractivity contribution < 1.29 is 8.42 Å². The van der Waals surface area contributed by atoms with Crippen LogP contribution in [0.1, 0.15) is 18.0 Å². The molecular weight excluding hydrogens is 292 g/mol. The molecule has 0 aliphatic rings. The second-order valence-corrected chi connectivity index (χ2v) is 6.87. The van der Waals surface area contributed by atoms with E-state index in [1.807, 2.05) is 13.1 Å². The van der Waals surface area contributed by atoms with Crippen LogP contribution in [0.2, 0.25) is 0 Å². The SMILES string of the molecule is CNC(CCS(C)(=O)=O)c1cncc(Br)c1. The van der Waals surface area contributed by atoms with E-state index in [1.54, 1.807) is 12.4 Å². The summed E-state index contributed by atoms with van der Waals surface area (Å²) in [6.45, 7) is 0. The first-order chi connectivity index (χ1) is 7.42. The largest absolute Gasteiger partial charge is 0.313 e. The van der Waals surface area contributed by atoms with Crippen LogP contribution in [0.3, 0.4) is 0 Å². The zero-order chi connectivity index (χ0) is 12.2. The summed E-state index contributed by atoms with van der Waals surface area (Å²) < 4.78 is 23.1. The van der Waals surface area contributed by atoms with E-state index >= 15 is 0 Å². The van der Waals surface area contributed by atoms with Gasteiger partial charge in [0.25, 0.3) is 0 Å². The second-order valence-electron chi connectivity index (χ2n) is 3.70. The lowest BCUT2D eigenvalue weighted by Crippen LogP contribution is -2.20. The van der Waals surface area contributed by atoms with Gasteiger partial charge in [0.05, 0.1) is 5.75 Å². The summed E-state index contributed by atoms with van der Waals surface area (Å²) >= 11 is 3.34. The first kappa shape index (κ1) is 13.6. The summed E-state index contributed by atoms with van der Waals surface area (Å²) in [6.07, 6.45) is 5.24. The maximum atomic E-state index is 11.1. The summed E-state index contributed by atoms with van der Waals surface area (Å²) in [5, 5.41) is 3.09. The third-order valence-corrected chi connectivity index (χ3v) is 3.67. The Balaban J connectivity index is 2.75. The van der Waals surface area contributed by atoms with Gasteiger partial charge in [0.1, 0.15) is 9.84 Å². The van der Waals surface area contributed by atoms with Gasteiger partial charge in [-0.2, -0.15) is 0 Å². The number of nitrogens with zero attached hydrogens (tertiary/aromatic N) is 1. The van der Waals surface area contributed by atoms with Crippen LogP contribution in [0.15, 0.2) is 22.9 Å². The third-order valence-electron chi connectivity index (χ3n) is 2.25. The van der Waals surface area contributed by atoms with E-state index in [0.717, 1.165) is 10.0 Å². The predicted octanol–water partition coefficient (Wildman–Crippen LogP) is 1.54. The van der Waals surface area contributed by atoms with Crippen molar-refractivity contribution in [3.63, 3.8) is 0 Å². The van der Waals surface area contributed by atoms with Gasteiger partial charge in [-0.25, -0.2) is 8.42 Å². The molecule has 1 heterocycles. The molecule has 1 aromatic heterocycles. The van der Waals surface area contributed by atoms with Gasteiger partial charge in [-0.15, -0.1) is 0 Å². The Labute approximate surface area is 105 Å². The molecule has 1 atom stereocenters. The first-order valence-corrected chi connectivity index (χ1v) is 7.73. The lowest BCUT2D eigenvalue weighted by atomic mass is 10.1. The maximum Gasteiger partial charge on any atom is 0.147 e. The van der Waals surface area contributed by atoms with Crippen LogP contribution in [-0.2, 0) is 9.84 Å². The average molecular weight is 307 g/mol. The molecule has 0 fully saturated rings. The van der Waals surface area contributed by atoms with Gasteiger partial charge in [-0.3, -0.25) is 4.98 Å². The smallest absolute Gasteiger partial charge is 0.147 e. The van der Waals surface area contributed by atoms with Gasteiger partial charge in [0, 0.05) is 29.2 Å². The van der Waals surface area contributed by atoms with Crippen molar-refractivity contribution in [2.45, 2.75) is 12.5 Å². The number of sulfone groups is 1. The maximum absolute atomic E-state index is 11.1. The minimum atomic E-state index is -2.92. The standard InChI is InChI=1S/C10H15BrN2O2S/c1-12-10(3-4-16(2,14)15)8-5-9(11)7-13-6-8/h5-7,10,12H,3-4H2,1-2H3. The number of hydrogen-bond donors (Lipinski definition) is 1. The number of hydrogen-bond acceptors (Lipinski definition) is 4. The van der Waals surface area contributed by atoms with E-state index in [-0.39, 0.29) is 11.8 Å². The van der Waals surface area contributed by atoms with Crippen molar-refractivity contribution in [3.05, 3.63) is 28.5 Å². The molecule has 0 spiro atoms. The molecule has 0 saturated carbocycles. The molecule has 16 heavy (non-hydrogen) atoms. The van der Waals surface area contributed by atoms with Gasteiger partial charge in [-0.05, 0) is 41.0 Å². The Hall–Kier alpha value is -0.460. The van der Waals surface area contributed by atoms with Crippen molar-refractivity contribution >= 4 is 25.8 Å². The Bertz CT molecular complexity index is 448. The van der Waals surface area contributed by atoms with E-state index in [1.165, 1.54) is 6.26 Å². The molecule has 0 bridgehead atoms. The first-order valence-electron chi connectivity index (χ1n) is 4.88. The molecule has 0 amide bonds. The summed E-state index contributed by atoms with van der Waals surface area (Å²) in [5.74, 6) is 0.172. The molecule has 1 aromatic rings. The molecule has 4 nitrogen and oxygen atoms in total. The predicted molar refractivity (Wildman–Crippen MR) is 68.1 cm³/mol. The van der Waals surface area contributed by atoms with E-state index in [0.29, 0.717) is 6.42 Å². The van der Waals surface area contributed by atoms with Crippen LogP contribution in [0.4, 0.5) is 0 Å². The molecule has 1 unspecified atom stereocenters. The van der Waals surface area contributed by atoms with Crippen LogP contribution in [-0.4, -0.2) is 32.5 Å². The van der Waals surface area contributed by atoms with Crippen molar-refractivity contribution in [2.24, 2.45) is 0 Å². The van der Waals surface area contributed by atoms with Gasteiger partial charge in [0.2, 0.25) is 0 Å². The second kappa shape index (κ2) is 5.75.